The van der Waals surface area contributed by atoms with E-state index >= 15 is 0 Å². The van der Waals surface area contributed by atoms with Crippen molar-refractivity contribution in [3.8, 4) is 0 Å². The average Bonchev–Trinajstić information content (AvgIpc) is 2.77. The highest BCUT2D eigenvalue weighted by molar-refractivity contribution is 6.01. The number of benzene rings is 1. The van der Waals surface area contributed by atoms with Crippen LogP contribution in [0.3, 0.4) is 0 Å². The molecule has 0 aliphatic heterocycles. The van der Waals surface area contributed by atoms with Crippen molar-refractivity contribution in [1.29, 1.82) is 0 Å². The van der Waals surface area contributed by atoms with E-state index in [0.717, 1.165) is 4.57 Å². The molecule has 0 saturated heterocycles. The number of aromatic nitrogens is 2. The van der Waals surface area contributed by atoms with Crippen LogP contribution in [0.5, 0.6) is 0 Å². The number of alkyl halides is 3. The summed E-state index contributed by atoms with van der Waals surface area (Å²) in [7, 11) is 0. The van der Waals surface area contributed by atoms with Gasteiger partial charge in [0, 0.05) is 13.2 Å². The number of hydrogen-bond acceptors (Lipinski definition) is 3. The zero-order chi connectivity index (χ0) is 15.8. The number of carboxylic acids is 1. The summed E-state index contributed by atoms with van der Waals surface area (Å²) in [5, 5.41) is 18.1. The Balaban J connectivity index is 2.73. The van der Waals surface area contributed by atoms with Crippen LogP contribution in [0.15, 0.2) is 18.2 Å². The molecule has 2 aromatic rings. The molecule has 0 aliphatic rings. The van der Waals surface area contributed by atoms with Crippen molar-refractivity contribution in [3.05, 3.63) is 29.6 Å². The van der Waals surface area contributed by atoms with Crippen LogP contribution in [0.4, 0.5) is 13.2 Å². The van der Waals surface area contributed by atoms with E-state index in [9.17, 15) is 18.0 Å². The second-order valence-corrected chi connectivity index (χ2v) is 4.81. The average molecular weight is 302 g/mol. The molecule has 8 heteroatoms. The third-order valence-corrected chi connectivity index (χ3v) is 3.07. The molecule has 1 heterocycles. The van der Waals surface area contributed by atoms with Gasteiger partial charge in [0.1, 0.15) is 5.52 Å². The van der Waals surface area contributed by atoms with Gasteiger partial charge in [-0.2, -0.15) is 13.2 Å². The van der Waals surface area contributed by atoms with Crippen molar-refractivity contribution in [2.75, 3.05) is 6.61 Å². The van der Waals surface area contributed by atoms with E-state index in [4.69, 9.17) is 10.2 Å². The number of aromatic carboxylic acids is 1. The molecular weight excluding hydrogens is 289 g/mol. The Labute approximate surface area is 117 Å². The van der Waals surface area contributed by atoms with Crippen LogP contribution in [-0.4, -0.2) is 32.3 Å². The van der Waals surface area contributed by atoms with Crippen molar-refractivity contribution in [2.24, 2.45) is 5.92 Å². The third-order valence-electron chi connectivity index (χ3n) is 3.07. The molecular formula is C13H13F3N2O3. The SMILES string of the molecule is CC(CO)Cn1c(C(F)(F)F)nc2c(C(=O)O)cccc21. The Kier molecular flexibility index (Phi) is 3.91. The molecule has 0 bridgehead atoms. The number of carboxylic acid groups (broad SMARTS) is 1. The lowest BCUT2D eigenvalue weighted by molar-refractivity contribution is -0.147. The Hall–Kier alpha value is -2.09. The number of carbonyl (C=O) groups is 1. The summed E-state index contributed by atoms with van der Waals surface area (Å²) in [4.78, 5) is 14.6. The first-order chi connectivity index (χ1) is 9.75. The largest absolute Gasteiger partial charge is 0.478 e. The lowest BCUT2D eigenvalue weighted by Crippen LogP contribution is -2.19. The summed E-state index contributed by atoms with van der Waals surface area (Å²) >= 11 is 0. The van der Waals surface area contributed by atoms with Crippen LogP contribution >= 0.6 is 0 Å². The van der Waals surface area contributed by atoms with Gasteiger partial charge in [0.25, 0.3) is 0 Å². The zero-order valence-corrected chi connectivity index (χ0v) is 11.1. The maximum Gasteiger partial charge on any atom is 0.449 e. The minimum atomic E-state index is -4.70. The van der Waals surface area contributed by atoms with E-state index in [2.05, 4.69) is 4.98 Å². The number of para-hydroxylation sites is 1. The molecule has 2 N–H and O–H groups in total. The predicted molar refractivity (Wildman–Crippen MR) is 67.9 cm³/mol. The Bertz CT molecular complexity index is 679. The fourth-order valence-electron chi connectivity index (χ4n) is 2.09. The lowest BCUT2D eigenvalue weighted by Gasteiger charge is -2.14. The number of rotatable bonds is 4. The monoisotopic (exact) mass is 302 g/mol. The first-order valence-corrected chi connectivity index (χ1v) is 6.16. The number of halogens is 3. The first-order valence-electron chi connectivity index (χ1n) is 6.16. The van der Waals surface area contributed by atoms with E-state index in [-0.39, 0.29) is 29.7 Å². The molecule has 0 amide bonds. The smallest absolute Gasteiger partial charge is 0.449 e. The highest BCUT2D eigenvalue weighted by Gasteiger charge is 2.38. The van der Waals surface area contributed by atoms with Gasteiger partial charge in [-0.25, -0.2) is 9.78 Å². The third kappa shape index (κ3) is 2.85. The lowest BCUT2D eigenvalue weighted by atomic mass is 10.1. The van der Waals surface area contributed by atoms with Gasteiger partial charge < -0.3 is 14.8 Å². The number of nitrogens with zero attached hydrogens (tertiary/aromatic N) is 2. The zero-order valence-electron chi connectivity index (χ0n) is 11.1. The van der Waals surface area contributed by atoms with Crippen LogP contribution < -0.4 is 0 Å². The van der Waals surface area contributed by atoms with E-state index in [1.54, 1.807) is 6.92 Å². The molecule has 21 heavy (non-hydrogen) atoms. The van der Waals surface area contributed by atoms with Crippen molar-refractivity contribution in [2.45, 2.75) is 19.6 Å². The van der Waals surface area contributed by atoms with Crippen LogP contribution in [0, 0.1) is 5.92 Å². The van der Waals surface area contributed by atoms with Gasteiger partial charge in [0.05, 0.1) is 11.1 Å². The van der Waals surface area contributed by atoms with E-state index in [0.29, 0.717) is 0 Å². The minimum absolute atomic E-state index is 0.0857. The minimum Gasteiger partial charge on any atom is -0.478 e. The molecule has 5 nitrogen and oxygen atoms in total. The highest BCUT2D eigenvalue weighted by atomic mass is 19.4. The Morgan fingerprint density at radius 3 is 2.62 bits per heavy atom. The molecule has 0 radical (unpaired) electrons. The van der Waals surface area contributed by atoms with Crippen LogP contribution in [0.2, 0.25) is 0 Å². The van der Waals surface area contributed by atoms with Gasteiger partial charge >= 0.3 is 12.1 Å². The van der Waals surface area contributed by atoms with Crippen molar-refractivity contribution in [3.63, 3.8) is 0 Å². The predicted octanol–water partition coefficient (Wildman–Crippen LogP) is 2.38. The molecule has 0 aliphatic carbocycles. The van der Waals surface area contributed by atoms with Crippen LogP contribution in [-0.2, 0) is 12.7 Å². The summed E-state index contributed by atoms with van der Waals surface area (Å²) in [6.45, 7) is 1.20. The van der Waals surface area contributed by atoms with Gasteiger partial charge in [-0.15, -0.1) is 0 Å². The van der Waals surface area contributed by atoms with Crippen LogP contribution in [0.1, 0.15) is 23.1 Å². The van der Waals surface area contributed by atoms with Gasteiger partial charge in [-0.3, -0.25) is 0 Å². The number of imidazole rings is 1. The molecule has 1 atom stereocenters. The maximum atomic E-state index is 13.1. The Morgan fingerprint density at radius 2 is 2.10 bits per heavy atom. The van der Waals surface area contributed by atoms with Gasteiger partial charge in [0.2, 0.25) is 5.82 Å². The summed E-state index contributed by atoms with van der Waals surface area (Å²) < 4.78 is 40.1. The quantitative estimate of drug-likeness (QED) is 0.909. The number of aliphatic hydroxyl groups excluding tert-OH is 1. The first kappa shape index (κ1) is 15.3. The number of aliphatic hydroxyl groups is 1. The summed E-state index contributed by atoms with van der Waals surface area (Å²) in [5.74, 6) is -2.92. The molecule has 114 valence electrons. The summed E-state index contributed by atoms with van der Waals surface area (Å²) in [5.41, 5.74) is -0.404. The van der Waals surface area contributed by atoms with Gasteiger partial charge in [-0.05, 0) is 18.1 Å². The molecule has 1 unspecified atom stereocenters. The second-order valence-electron chi connectivity index (χ2n) is 4.81. The summed E-state index contributed by atoms with van der Waals surface area (Å²) in [6, 6.07) is 3.96. The van der Waals surface area contributed by atoms with Crippen LogP contribution in [0.25, 0.3) is 11.0 Å². The number of hydrogen-bond donors (Lipinski definition) is 2. The second kappa shape index (κ2) is 5.36. The highest BCUT2D eigenvalue weighted by Crippen LogP contribution is 2.33. The molecule has 0 saturated carbocycles. The van der Waals surface area contributed by atoms with E-state index in [1.165, 1.54) is 18.2 Å². The fourth-order valence-corrected chi connectivity index (χ4v) is 2.09. The van der Waals surface area contributed by atoms with Crippen molar-refractivity contribution >= 4 is 17.0 Å². The van der Waals surface area contributed by atoms with Gasteiger partial charge in [0.15, 0.2) is 0 Å². The fraction of sp³-hybridized carbons (Fsp3) is 0.385. The standard InChI is InChI=1S/C13H13F3N2O3/c1-7(6-19)5-18-9-4-2-3-8(11(20)21)10(9)17-12(18)13(14,15)16/h2-4,7,19H,5-6H2,1H3,(H,20,21). The maximum absolute atomic E-state index is 13.1. The van der Waals surface area contributed by atoms with E-state index < -0.39 is 23.9 Å². The molecule has 2 rings (SSSR count). The Morgan fingerprint density at radius 1 is 1.43 bits per heavy atom. The van der Waals surface area contributed by atoms with Crippen molar-refractivity contribution < 1.29 is 28.2 Å². The normalized spacial score (nSPS) is 13.6. The van der Waals surface area contributed by atoms with Crippen molar-refractivity contribution in [1.82, 2.24) is 9.55 Å². The molecule has 0 fully saturated rings. The van der Waals surface area contributed by atoms with Gasteiger partial charge in [-0.1, -0.05) is 13.0 Å². The molecule has 0 spiro atoms. The summed E-state index contributed by atoms with van der Waals surface area (Å²) in [6.07, 6.45) is -4.70. The molecule has 1 aromatic heterocycles. The van der Waals surface area contributed by atoms with E-state index in [1.807, 2.05) is 0 Å². The number of fused-ring (bicyclic) bond motifs is 1. The topological polar surface area (TPSA) is 75.3 Å². The molecule has 1 aromatic carbocycles.